The van der Waals surface area contributed by atoms with Crippen LogP contribution in [0.5, 0.6) is 0 Å². The minimum absolute atomic E-state index is 0.175. The number of aromatic nitrogens is 2. The summed E-state index contributed by atoms with van der Waals surface area (Å²) in [6, 6.07) is 5.33. The molecule has 0 atom stereocenters. The van der Waals surface area contributed by atoms with Crippen molar-refractivity contribution < 1.29 is 4.79 Å². The standard InChI is InChI=1S/C13H11N3O/c1-2-3-7-16-13(17)10-5-4-6-11-12(10)15-9-8-14-11/h1,4-6,8-9H,3,7H2,(H,16,17). The Hall–Kier alpha value is -2.41. The number of hydrogen-bond acceptors (Lipinski definition) is 3. The number of para-hydroxylation sites is 1. The van der Waals surface area contributed by atoms with Crippen LogP contribution in [0.4, 0.5) is 0 Å². The molecule has 0 radical (unpaired) electrons. The summed E-state index contributed by atoms with van der Waals surface area (Å²) in [5, 5.41) is 2.74. The van der Waals surface area contributed by atoms with Crippen LogP contribution < -0.4 is 5.32 Å². The Labute approximate surface area is 99.1 Å². The van der Waals surface area contributed by atoms with Crippen LogP contribution in [0, 0.1) is 12.3 Å². The molecule has 4 nitrogen and oxygen atoms in total. The summed E-state index contributed by atoms with van der Waals surface area (Å²) in [6.07, 6.45) is 8.81. The van der Waals surface area contributed by atoms with Crippen LogP contribution in [0.2, 0.25) is 0 Å². The van der Waals surface area contributed by atoms with Crippen molar-refractivity contribution in [1.29, 1.82) is 0 Å². The van der Waals surface area contributed by atoms with E-state index in [1.807, 2.05) is 6.07 Å². The van der Waals surface area contributed by atoms with Gasteiger partial charge in [-0.25, -0.2) is 0 Å². The van der Waals surface area contributed by atoms with Crippen LogP contribution in [0.15, 0.2) is 30.6 Å². The minimum atomic E-state index is -0.175. The van der Waals surface area contributed by atoms with Crippen molar-refractivity contribution >= 4 is 16.9 Å². The van der Waals surface area contributed by atoms with Crippen molar-refractivity contribution in [2.45, 2.75) is 6.42 Å². The third-order valence-corrected chi connectivity index (χ3v) is 2.30. The van der Waals surface area contributed by atoms with Crippen LogP contribution in [-0.4, -0.2) is 22.4 Å². The van der Waals surface area contributed by atoms with Crippen molar-refractivity contribution in [2.24, 2.45) is 0 Å². The fourth-order valence-electron chi connectivity index (χ4n) is 1.52. The highest BCUT2D eigenvalue weighted by molar-refractivity contribution is 6.04. The van der Waals surface area contributed by atoms with E-state index in [4.69, 9.17) is 6.42 Å². The summed E-state index contributed by atoms with van der Waals surface area (Å²) in [7, 11) is 0. The number of amides is 1. The molecule has 0 saturated carbocycles. The summed E-state index contributed by atoms with van der Waals surface area (Å²) < 4.78 is 0. The average Bonchev–Trinajstić information content (AvgIpc) is 2.38. The van der Waals surface area contributed by atoms with Gasteiger partial charge >= 0.3 is 0 Å². The van der Waals surface area contributed by atoms with Gasteiger partial charge in [0.2, 0.25) is 0 Å². The first kappa shape index (κ1) is 11.1. The maximum atomic E-state index is 11.9. The summed E-state index contributed by atoms with van der Waals surface area (Å²) in [5.74, 6) is 2.29. The van der Waals surface area contributed by atoms with E-state index in [1.165, 1.54) is 0 Å². The van der Waals surface area contributed by atoms with Gasteiger partial charge in [-0.05, 0) is 12.1 Å². The van der Waals surface area contributed by atoms with Gasteiger partial charge in [0.05, 0.1) is 11.1 Å². The Morgan fingerprint density at radius 2 is 2.18 bits per heavy atom. The lowest BCUT2D eigenvalue weighted by atomic mass is 10.1. The first-order valence-corrected chi connectivity index (χ1v) is 5.24. The molecule has 0 fully saturated rings. The zero-order valence-electron chi connectivity index (χ0n) is 9.18. The minimum Gasteiger partial charge on any atom is -0.351 e. The highest BCUT2D eigenvalue weighted by Crippen LogP contribution is 2.13. The summed E-state index contributed by atoms with van der Waals surface area (Å²) in [4.78, 5) is 20.2. The largest absolute Gasteiger partial charge is 0.351 e. The topological polar surface area (TPSA) is 54.9 Å². The highest BCUT2D eigenvalue weighted by Gasteiger charge is 2.10. The number of benzene rings is 1. The molecular formula is C13H11N3O. The van der Waals surface area contributed by atoms with Gasteiger partial charge in [0.25, 0.3) is 5.91 Å². The van der Waals surface area contributed by atoms with Crippen molar-refractivity contribution in [3.8, 4) is 12.3 Å². The SMILES string of the molecule is C#CCCNC(=O)c1cccc2nccnc12. The van der Waals surface area contributed by atoms with E-state index in [2.05, 4.69) is 21.2 Å². The van der Waals surface area contributed by atoms with Gasteiger partial charge in [0.1, 0.15) is 5.52 Å². The van der Waals surface area contributed by atoms with E-state index >= 15 is 0 Å². The first-order chi connectivity index (χ1) is 8.33. The van der Waals surface area contributed by atoms with Crippen molar-refractivity contribution in [3.05, 3.63) is 36.2 Å². The van der Waals surface area contributed by atoms with E-state index in [1.54, 1.807) is 24.5 Å². The van der Waals surface area contributed by atoms with Crippen LogP contribution in [-0.2, 0) is 0 Å². The fraction of sp³-hybridized carbons (Fsp3) is 0.154. The molecule has 2 aromatic rings. The lowest BCUT2D eigenvalue weighted by molar-refractivity contribution is 0.0956. The lowest BCUT2D eigenvalue weighted by Crippen LogP contribution is -2.24. The molecule has 4 heteroatoms. The molecule has 0 aliphatic heterocycles. The smallest absolute Gasteiger partial charge is 0.253 e. The zero-order valence-corrected chi connectivity index (χ0v) is 9.18. The second-order valence-electron chi connectivity index (χ2n) is 3.44. The average molecular weight is 225 g/mol. The summed E-state index contributed by atoms with van der Waals surface area (Å²) in [6.45, 7) is 0.464. The molecular weight excluding hydrogens is 214 g/mol. The molecule has 0 aliphatic carbocycles. The van der Waals surface area contributed by atoms with Crippen molar-refractivity contribution in [2.75, 3.05) is 6.54 Å². The van der Waals surface area contributed by atoms with Gasteiger partial charge in [-0.3, -0.25) is 14.8 Å². The molecule has 0 spiro atoms. The second-order valence-corrected chi connectivity index (χ2v) is 3.44. The van der Waals surface area contributed by atoms with Gasteiger partial charge in [-0.1, -0.05) is 6.07 Å². The maximum absolute atomic E-state index is 11.9. The van der Waals surface area contributed by atoms with E-state index in [0.717, 1.165) is 0 Å². The van der Waals surface area contributed by atoms with Crippen LogP contribution in [0.3, 0.4) is 0 Å². The monoisotopic (exact) mass is 225 g/mol. The van der Waals surface area contributed by atoms with E-state index in [9.17, 15) is 4.79 Å². The number of nitrogens with one attached hydrogen (secondary N) is 1. The van der Waals surface area contributed by atoms with Gasteiger partial charge < -0.3 is 5.32 Å². The molecule has 84 valence electrons. The molecule has 0 aliphatic rings. The maximum Gasteiger partial charge on any atom is 0.253 e. The molecule has 1 aromatic heterocycles. The van der Waals surface area contributed by atoms with Crippen LogP contribution in [0.25, 0.3) is 11.0 Å². The zero-order chi connectivity index (χ0) is 12.1. The van der Waals surface area contributed by atoms with Gasteiger partial charge in [-0.2, -0.15) is 0 Å². The molecule has 2 rings (SSSR count). The third kappa shape index (κ3) is 2.40. The van der Waals surface area contributed by atoms with Crippen LogP contribution in [0.1, 0.15) is 16.8 Å². The molecule has 1 heterocycles. The summed E-state index contributed by atoms with van der Waals surface area (Å²) in [5.41, 5.74) is 1.83. The number of hydrogen-bond donors (Lipinski definition) is 1. The van der Waals surface area contributed by atoms with Crippen LogP contribution >= 0.6 is 0 Å². The Morgan fingerprint density at radius 1 is 1.35 bits per heavy atom. The number of terminal acetylenes is 1. The second kappa shape index (κ2) is 5.08. The number of nitrogens with zero attached hydrogens (tertiary/aromatic N) is 2. The normalized spacial score (nSPS) is 9.82. The van der Waals surface area contributed by atoms with E-state index < -0.39 is 0 Å². The predicted octanol–water partition coefficient (Wildman–Crippen LogP) is 1.38. The van der Waals surface area contributed by atoms with E-state index in [0.29, 0.717) is 29.6 Å². The molecule has 1 amide bonds. The third-order valence-electron chi connectivity index (χ3n) is 2.30. The highest BCUT2D eigenvalue weighted by atomic mass is 16.1. The van der Waals surface area contributed by atoms with Gasteiger partial charge in [0, 0.05) is 25.4 Å². The molecule has 17 heavy (non-hydrogen) atoms. The number of carbonyl (C=O) groups excluding carboxylic acids is 1. The van der Waals surface area contributed by atoms with Gasteiger partial charge in [0.15, 0.2) is 0 Å². The molecule has 0 saturated heterocycles. The Balaban J connectivity index is 2.29. The Kier molecular flexibility index (Phi) is 3.31. The van der Waals surface area contributed by atoms with E-state index in [-0.39, 0.29) is 5.91 Å². The summed E-state index contributed by atoms with van der Waals surface area (Å²) >= 11 is 0. The van der Waals surface area contributed by atoms with Gasteiger partial charge in [-0.15, -0.1) is 12.3 Å². The molecule has 1 N–H and O–H groups in total. The number of rotatable bonds is 3. The van der Waals surface area contributed by atoms with Crippen molar-refractivity contribution in [1.82, 2.24) is 15.3 Å². The molecule has 0 unspecified atom stereocenters. The number of fused-ring (bicyclic) bond motifs is 1. The van der Waals surface area contributed by atoms with Crippen molar-refractivity contribution in [3.63, 3.8) is 0 Å². The fourth-order valence-corrected chi connectivity index (χ4v) is 1.52. The Bertz CT molecular complexity index is 581. The lowest BCUT2D eigenvalue weighted by Gasteiger charge is -2.05. The molecule has 1 aromatic carbocycles. The predicted molar refractivity (Wildman–Crippen MR) is 65.3 cm³/mol. The first-order valence-electron chi connectivity index (χ1n) is 5.24. The molecule has 0 bridgehead atoms. The Morgan fingerprint density at radius 3 is 3.00 bits per heavy atom. The quantitative estimate of drug-likeness (QED) is 0.634. The number of carbonyl (C=O) groups is 1.